The highest BCUT2D eigenvalue weighted by Gasteiger charge is 2.33. The number of phenols is 1. The van der Waals surface area contributed by atoms with Crippen molar-refractivity contribution in [1.82, 2.24) is 4.90 Å². The first-order valence-corrected chi connectivity index (χ1v) is 10.5. The number of aromatic hydroxyl groups is 1. The van der Waals surface area contributed by atoms with Gasteiger partial charge in [-0.3, -0.25) is 9.69 Å². The number of nitrogens with zero attached hydrogens (tertiary/aromatic N) is 1. The molecule has 0 aromatic heterocycles. The fourth-order valence-corrected chi connectivity index (χ4v) is 3.83. The van der Waals surface area contributed by atoms with Crippen LogP contribution in [0.25, 0.3) is 6.08 Å². The molecule has 0 saturated heterocycles. The van der Waals surface area contributed by atoms with Crippen molar-refractivity contribution in [2.45, 2.75) is 40.2 Å². The molecule has 0 spiro atoms. The number of ketones is 1. The second-order valence-electron chi connectivity index (χ2n) is 7.16. The van der Waals surface area contributed by atoms with Gasteiger partial charge in [-0.25, -0.2) is 0 Å². The van der Waals surface area contributed by atoms with Crippen LogP contribution in [-0.2, 0) is 6.54 Å². The zero-order chi connectivity index (χ0) is 20.3. The van der Waals surface area contributed by atoms with E-state index < -0.39 is 0 Å². The first kappa shape index (κ1) is 20.6. The van der Waals surface area contributed by atoms with Gasteiger partial charge in [-0.05, 0) is 68.3 Å². The number of carbonyl (C=O) groups excluding carboxylic acids is 1. The standard InChI is InChI=1S/C23H26BrNO3/c1-4-10-25(11-5-2)14-18-19(26)12-15(3)21-22(27)20(28-23(18)21)13-16-6-8-17(24)9-7-16/h6-9,12-13,26H,4-5,10-11,14H2,1-3H3/b20-13+. The normalized spacial score (nSPS) is 14.6. The second-order valence-corrected chi connectivity index (χ2v) is 8.08. The summed E-state index contributed by atoms with van der Waals surface area (Å²) in [5, 5.41) is 10.6. The lowest BCUT2D eigenvalue weighted by atomic mass is 9.99. The molecule has 1 aliphatic rings. The highest BCUT2D eigenvalue weighted by molar-refractivity contribution is 9.10. The van der Waals surface area contributed by atoms with Gasteiger partial charge in [0, 0.05) is 11.0 Å². The van der Waals surface area contributed by atoms with Gasteiger partial charge in [-0.2, -0.15) is 0 Å². The molecule has 28 heavy (non-hydrogen) atoms. The van der Waals surface area contributed by atoms with E-state index in [9.17, 15) is 9.90 Å². The van der Waals surface area contributed by atoms with Crippen LogP contribution in [0.5, 0.6) is 11.5 Å². The molecule has 0 fully saturated rings. The Morgan fingerprint density at radius 3 is 2.39 bits per heavy atom. The summed E-state index contributed by atoms with van der Waals surface area (Å²) in [5.41, 5.74) is 2.87. The summed E-state index contributed by atoms with van der Waals surface area (Å²) in [4.78, 5) is 15.3. The Hall–Kier alpha value is -2.11. The number of carbonyl (C=O) groups is 1. The molecule has 2 aromatic rings. The number of halogens is 1. The molecule has 0 atom stereocenters. The Labute approximate surface area is 175 Å². The molecule has 4 nitrogen and oxygen atoms in total. The van der Waals surface area contributed by atoms with Crippen molar-refractivity contribution in [2.24, 2.45) is 0 Å². The number of fused-ring (bicyclic) bond motifs is 1. The number of ether oxygens (including phenoxy) is 1. The van der Waals surface area contributed by atoms with Crippen molar-refractivity contribution in [2.75, 3.05) is 13.1 Å². The van der Waals surface area contributed by atoms with Crippen LogP contribution >= 0.6 is 15.9 Å². The molecule has 0 radical (unpaired) electrons. The van der Waals surface area contributed by atoms with Crippen molar-refractivity contribution in [3.8, 4) is 11.5 Å². The van der Waals surface area contributed by atoms with Crippen LogP contribution in [0.15, 0.2) is 40.6 Å². The maximum Gasteiger partial charge on any atom is 0.232 e. The number of aryl methyl sites for hydroxylation is 1. The van der Waals surface area contributed by atoms with E-state index in [0.29, 0.717) is 29.2 Å². The number of Topliss-reactive ketones (excluding diaryl/α,β-unsaturated/α-hetero) is 1. The third-order valence-corrected chi connectivity index (χ3v) is 5.38. The third kappa shape index (κ3) is 4.31. The van der Waals surface area contributed by atoms with E-state index in [1.807, 2.05) is 31.2 Å². The Bertz CT molecular complexity index is 897. The van der Waals surface area contributed by atoms with E-state index in [1.54, 1.807) is 12.1 Å². The van der Waals surface area contributed by atoms with E-state index in [-0.39, 0.29) is 11.5 Å². The van der Waals surface area contributed by atoms with Crippen molar-refractivity contribution >= 4 is 27.8 Å². The highest BCUT2D eigenvalue weighted by atomic mass is 79.9. The molecule has 0 bridgehead atoms. The van der Waals surface area contributed by atoms with Gasteiger partial charge in [0.2, 0.25) is 5.78 Å². The molecule has 1 aliphatic heterocycles. The number of benzene rings is 2. The summed E-state index contributed by atoms with van der Waals surface area (Å²) in [5.74, 6) is 0.855. The van der Waals surface area contributed by atoms with E-state index in [1.165, 1.54) is 0 Å². The predicted molar refractivity (Wildman–Crippen MR) is 116 cm³/mol. The average molecular weight is 444 g/mol. The molecule has 0 saturated carbocycles. The lowest BCUT2D eigenvalue weighted by molar-refractivity contribution is 0.101. The van der Waals surface area contributed by atoms with Crippen LogP contribution in [0.1, 0.15) is 53.7 Å². The Morgan fingerprint density at radius 1 is 1.14 bits per heavy atom. The number of phenolic OH excluding ortho intramolecular Hbond substituents is 1. The molecule has 5 heteroatoms. The van der Waals surface area contributed by atoms with Crippen molar-refractivity contribution in [1.29, 1.82) is 0 Å². The molecular weight excluding hydrogens is 418 g/mol. The molecular formula is C23H26BrNO3. The van der Waals surface area contributed by atoms with Crippen LogP contribution in [0, 0.1) is 6.92 Å². The van der Waals surface area contributed by atoms with Crippen LogP contribution in [-0.4, -0.2) is 28.9 Å². The largest absolute Gasteiger partial charge is 0.507 e. The Kier molecular flexibility index (Phi) is 6.57. The fraction of sp³-hybridized carbons (Fsp3) is 0.348. The van der Waals surface area contributed by atoms with E-state index in [2.05, 4.69) is 34.7 Å². The maximum atomic E-state index is 13.0. The Balaban J connectivity index is 1.98. The van der Waals surface area contributed by atoms with Crippen LogP contribution < -0.4 is 4.74 Å². The fourth-order valence-electron chi connectivity index (χ4n) is 3.57. The van der Waals surface area contributed by atoms with E-state index in [4.69, 9.17) is 4.74 Å². The highest BCUT2D eigenvalue weighted by Crippen LogP contribution is 2.42. The van der Waals surface area contributed by atoms with Gasteiger partial charge in [-0.1, -0.05) is 41.9 Å². The summed E-state index contributed by atoms with van der Waals surface area (Å²) in [6, 6.07) is 9.37. The van der Waals surface area contributed by atoms with Gasteiger partial charge < -0.3 is 9.84 Å². The zero-order valence-corrected chi connectivity index (χ0v) is 18.2. The topological polar surface area (TPSA) is 49.8 Å². The van der Waals surface area contributed by atoms with Gasteiger partial charge in [-0.15, -0.1) is 0 Å². The van der Waals surface area contributed by atoms with Crippen LogP contribution in [0.3, 0.4) is 0 Å². The van der Waals surface area contributed by atoms with Crippen molar-refractivity contribution < 1.29 is 14.6 Å². The summed E-state index contributed by atoms with van der Waals surface area (Å²) in [6.07, 6.45) is 3.82. The monoisotopic (exact) mass is 443 g/mol. The van der Waals surface area contributed by atoms with Gasteiger partial charge in [0.1, 0.15) is 11.5 Å². The smallest absolute Gasteiger partial charge is 0.232 e. The van der Waals surface area contributed by atoms with Gasteiger partial charge in [0.15, 0.2) is 5.76 Å². The molecule has 0 aliphatic carbocycles. The number of hydrogen-bond donors (Lipinski definition) is 1. The molecule has 148 valence electrons. The Morgan fingerprint density at radius 2 is 1.79 bits per heavy atom. The number of allylic oxidation sites excluding steroid dienone is 1. The molecule has 1 N–H and O–H groups in total. The van der Waals surface area contributed by atoms with E-state index in [0.717, 1.165) is 41.5 Å². The van der Waals surface area contributed by atoms with Gasteiger partial charge in [0.25, 0.3) is 0 Å². The molecule has 0 amide bonds. The minimum atomic E-state index is -0.130. The quantitative estimate of drug-likeness (QED) is 0.557. The predicted octanol–water partition coefficient (Wildman–Crippen LogP) is 5.70. The van der Waals surface area contributed by atoms with Gasteiger partial charge >= 0.3 is 0 Å². The molecule has 0 unspecified atom stereocenters. The SMILES string of the molecule is CCCN(CCC)Cc1c(O)cc(C)c2c1O/C(=C/c1ccc(Br)cc1)C2=O. The second kappa shape index (κ2) is 8.93. The molecule has 3 rings (SSSR count). The third-order valence-electron chi connectivity index (χ3n) is 4.85. The summed E-state index contributed by atoms with van der Waals surface area (Å²) >= 11 is 3.42. The van der Waals surface area contributed by atoms with Crippen molar-refractivity contribution in [3.63, 3.8) is 0 Å². The van der Waals surface area contributed by atoms with Crippen molar-refractivity contribution in [3.05, 3.63) is 62.8 Å². The summed E-state index contributed by atoms with van der Waals surface area (Å²) in [6.45, 7) is 8.55. The van der Waals surface area contributed by atoms with Crippen LogP contribution in [0.2, 0.25) is 0 Å². The first-order chi connectivity index (χ1) is 13.4. The zero-order valence-electron chi connectivity index (χ0n) is 16.6. The number of hydrogen-bond acceptors (Lipinski definition) is 4. The van der Waals surface area contributed by atoms with Gasteiger partial charge in [0.05, 0.1) is 11.1 Å². The lowest BCUT2D eigenvalue weighted by Crippen LogP contribution is -2.25. The molecule has 1 heterocycles. The maximum absolute atomic E-state index is 13.0. The van der Waals surface area contributed by atoms with Crippen LogP contribution in [0.4, 0.5) is 0 Å². The minimum absolute atomic E-state index is 0.130. The first-order valence-electron chi connectivity index (χ1n) is 9.72. The average Bonchev–Trinajstić information content (AvgIpc) is 2.97. The molecule has 2 aromatic carbocycles. The summed E-state index contributed by atoms with van der Waals surface area (Å²) in [7, 11) is 0. The minimum Gasteiger partial charge on any atom is -0.507 e. The lowest BCUT2D eigenvalue weighted by Gasteiger charge is -2.22. The van der Waals surface area contributed by atoms with E-state index >= 15 is 0 Å². The summed E-state index contributed by atoms with van der Waals surface area (Å²) < 4.78 is 6.99. The number of rotatable bonds is 7.